The quantitative estimate of drug-likeness (QED) is 0.813. The number of nitriles is 1. The number of pyridine rings is 1. The summed E-state index contributed by atoms with van der Waals surface area (Å²) in [4.78, 5) is 3.99. The SMILES string of the molecule is COc1ccncc1-c1cc(F)c(C)cc1C#N. The van der Waals surface area contributed by atoms with E-state index in [-0.39, 0.29) is 5.82 Å². The number of halogens is 1. The highest BCUT2D eigenvalue weighted by Crippen LogP contribution is 2.32. The van der Waals surface area contributed by atoms with Crippen molar-refractivity contribution in [1.82, 2.24) is 4.98 Å². The summed E-state index contributed by atoms with van der Waals surface area (Å²) in [5.74, 6) is 0.208. The fourth-order valence-electron chi connectivity index (χ4n) is 1.76. The van der Waals surface area contributed by atoms with Gasteiger partial charge in [-0.25, -0.2) is 4.39 Å². The van der Waals surface area contributed by atoms with E-state index in [2.05, 4.69) is 11.1 Å². The number of aryl methyl sites for hydroxylation is 1. The lowest BCUT2D eigenvalue weighted by molar-refractivity contribution is 0.416. The summed E-state index contributed by atoms with van der Waals surface area (Å²) in [6, 6.07) is 6.60. The molecule has 0 aliphatic heterocycles. The Labute approximate surface area is 104 Å². The first-order valence-electron chi connectivity index (χ1n) is 5.36. The second-order valence-electron chi connectivity index (χ2n) is 3.83. The second kappa shape index (κ2) is 4.84. The van der Waals surface area contributed by atoms with Crippen molar-refractivity contribution < 1.29 is 9.13 Å². The van der Waals surface area contributed by atoms with Gasteiger partial charge in [0, 0.05) is 23.5 Å². The zero-order chi connectivity index (χ0) is 13.1. The van der Waals surface area contributed by atoms with Crippen molar-refractivity contribution in [3.8, 4) is 22.9 Å². The topological polar surface area (TPSA) is 45.9 Å². The first-order valence-corrected chi connectivity index (χ1v) is 5.36. The average Bonchev–Trinajstić information content (AvgIpc) is 2.41. The van der Waals surface area contributed by atoms with Gasteiger partial charge in [-0.15, -0.1) is 0 Å². The lowest BCUT2D eigenvalue weighted by Gasteiger charge is -2.10. The predicted octanol–water partition coefficient (Wildman–Crippen LogP) is 3.08. The van der Waals surface area contributed by atoms with Crippen LogP contribution in [0, 0.1) is 24.1 Å². The van der Waals surface area contributed by atoms with Gasteiger partial charge in [0.1, 0.15) is 11.6 Å². The molecule has 0 saturated carbocycles. The molecule has 0 spiro atoms. The van der Waals surface area contributed by atoms with E-state index in [9.17, 15) is 4.39 Å². The fourth-order valence-corrected chi connectivity index (χ4v) is 1.76. The highest BCUT2D eigenvalue weighted by Gasteiger charge is 2.13. The molecule has 4 heteroatoms. The summed E-state index contributed by atoms with van der Waals surface area (Å²) in [6.07, 6.45) is 3.14. The summed E-state index contributed by atoms with van der Waals surface area (Å²) in [5.41, 5.74) is 1.94. The largest absolute Gasteiger partial charge is 0.496 e. The van der Waals surface area contributed by atoms with Gasteiger partial charge in [-0.2, -0.15) is 5.26 Å². The summed E-state index contributed by atoms with van der Waals surface area (Å²) < 4.78 is 18.8. The van der Waals surface area contributed by atoms with Gasteiger partial charge >= 0.3 is 0 Å². The van der Waals surface area contributed by atoms with Crippen LogP contribution in [0.5, 0.6) is 5.75 Å². The molecule has 0 N–H and O–H groups in total. The average molecular weight is 242 g/mol. The van der Waals surface area contributed by atoms with Crippen molar-refractivity contribution in [1.29, 1.82) is 5.26 Å². The zero-order valence-corrected chi connectivity index (χ0v) is 10.1. The Morgan fingerprint density at radius 2 is 2.11 bits per heavy atom. The molecule has 0 aliphatic rings. The summed E-state index contributed by atoms with van der Waals surface area (Å²) >= 11 is 0. The lowest BCUT2D eigenvalue weighted by Crippen LogP contribution is -1.94. The number of hydrogen-bond donors (Lipinski definition) is 0. The number of rotatable bonds is 2. The third-order valence-electron chi connectivity index (χ3n) is 2.71. The summed E-state index contributed by atoms with van der Waals surface area (Å²) in [7, 11) is 1.52. The molecular formula is C14H11FN2O. The van der Waals surface area contributed by atoms with E-state index >= 15 is 0 Å². The maximum Gasteiger partial charge on any atom is 0.129 e. The molecule has 2 aromatic rings. The maximum atomic E-state index is 13.6. The van der Waals surface area contributed by atoms with Gasteiger partial charge in [0.25, 0.3) is 0 Å². The minimum atomic E-state index is -0.352. The molecule has 1 heterocycles. The number of hydrogen-bond acceptors (Lipinski definition) is 3. The number of ether oxygens (including phenoxy) is 1. The van der Waals surface area contributed by atoms with Crippen LogP contribution in [0.1, 0.15) is 11.1 Å². The Bertz CT molecular complexity index is 632. The Kier molecular flexibility index (Phi) is 3.24. The monoisotopic (exact) mass is 242 g/mol. The highest BCUT2D eigenvalue weighted by atomic mass is 19.1. The first-order chi connectivity index (χ1) is 8.67. The van der Waals surface area contributed by atoms with Gasteiger partial charge in [-0.1, -0.05) is 0 Å². The van der Waals surface area contributed by atoms with Gasteiger partial charge in [0.2, 0.25) is 0 Å². The maximum absolute atomic E-state index is 13.6. The number of methoxy groups -OCH3 is 1. The van der Waals surface area contributed by atoms with E-state index in [0.29, 0.717) is 28.0 Å². The highest BCUT2D eigenvalue weighted by molar-refractivity contribution is 5.75. The van der Waals surface area contributed by atoms with Crippen LogP contribution >= 0.6 is 0 Å². The van der Waals surface area contributed by atoms with E-state index in [4.69, 9.17) is 10.00 Å². The van der Waals surface area contributed by atoms with Crippen LogP contribution in [-0.4, -0.2) is 12.1 Å². The molecule has 90 valence electrons. The van der Waals surface area contributed by atoms with Crippen molar-refractivity contribution in [2.45, 2.75) is 6.92 Å². The molecule has 1 aromatic carbocycles. The minimum Gasteiger partial charge on any atom is -0.496 e. The molecule has 2 rings (SSSR count). The minimum absolute atomic E-state index is 0.352. The van der Waals surface area contributed by atoms with Gasteiger partial charge in [0.05, 0.1) is 18.7 Å². The molecule has 3 nitrogen and oxygen atoms in total. The lowest BCUT2D eigenvalue weighted by atomic mass is 9.98. The second-order valence-corrected chi connectivity index (χ2v) is 3.83. The van der Waals surface area contributed by atoms with Crippen LogP contribution in [0.15, 0.2) is 30.6 Å². The van der Waals surface area contributed by atoms with Crippen molar-refractivity contribution in [3.05, 3.63) is 47.5 Å². The van der Waals surface area contributed by atoms with Crippen LogP contribution in [0.4, 0.5) is 4.39 Å². The number of nitrogens with zero attached hydrogens (tertiary/aromatic N) is 2. The Hall–Kier alpha value is -2.41. The molecule has 0 radical (unpaired) electrons. The van der Waals surface area contributed by atoms with E-state index in [1.807, 2.05) is 0 Å². The van der Waals surface area contributed by atoms with Crippen molar-refractivity contribution in [2.24, 2.45) is 0 Å². The predicted molar refractivity (Wildman–Crippen MR) is 65.6 cm³/mol. The van der Waals surface area contributed by atoms with E-state index < -0.39 is 0 Å². The smallest absolute Gasteiger partial charge is 0.129 e. The normalized spacial score (nSPS) is 9.89. The summed E-state index contributed by atoms with van der Waals surface area (Å²) in [6.45, 7) is 1.63. The molecular weight excluding hydrogens is 231 g/mol. The van der Waals surface area contributed by atoms with Crippen LogP contribution in [0.25, 0.3) is 11.1 Å². The number of benzene rings is 1. The van der Waals surface area contributed by atoms with Crippen molar-refractivity contribution in [2.75, 3.05) is 7.11 Å². The van der Waals surface area contributed by atoms with Crippen LogP contribution in [0.2, 0.25) is 0 Å². The summed E-state index contributed by atoms with van der Waals surface area (Å²) in [5, 5.41) is 9.13. The van der Waals surface area contributed by atoms with Crippen LogP contribution < -0.4 is 4.74 Å². The third kappa shape index (κ3) is 2.03. The zero-order valence-electron chi connectivity index (χ0n) is 10.1. The molecule has 18 heavy (non-hydrogen) atoms. The molecule has 1 aromatic heterocycles. The van der Waals surface area contributed by atoms with Crippen molar-refractivity contribution >= 4 is 0 Å². The van der Waals surface area contributed by atoms with Gasteiger partial charge in [-0.3, -0.25) is 4.98 Å². The van der Waals surface area contributed by atoms with Crippen LogP contribution in [-0.2, 0) is 0 Å². The van der Waals surface area contributed by atoms with Crippen molar-refractivity contribution in [3.63, 3.8) is 0 Å². The fraction of sp³-hybridized carbons (Fsp3) is 0.143. The van der Waals surface area contributed by atoms with Gasteiger partial charge in [-0.05, 0) is 30.7 Å². The van der Waals surface area contributed by atoms with Gasteiger partial charge in [0.15, 0.2) is 0 Å². The van der Waals surface area contributed by atoms with Crippen LogP contribution in [0.3, 0.4) is 0 Å². The molecule has 0 amide bonds. The van der Waals surface area contributed by atoms with E-state index in [1.54, 1.807) is 25.4 Å². The molecule has 0 aliphatic carbocycles. The Balaban J connectivity index is 2.71. The molecule has 0 unspecified atom stereocenters. The van der Waals surface area contributed by atoms with E-state index in [1.165, 1.54) is 19.2 Å². The molecule has 0 saturated heterocycles. The third-order valence-corrected chi connectivity index (χ3v) is 2.71. The Morgan fingerprint density at radius 3 is 2.78 bits per heavy atom. The first kappa shape index (κ1) is 12.1. The number of aromatic nitrogens is 1. The van der Waals surface area contributed by atoms with E-state index in [0.717, 1.165) is 0 Å². The molecule has 0 fully saturated rings. The standard InChI is InChI=1S/C14H11FN2O/c1-9-5-10(7-16)11(6-13(9)15)12-8-17-4-3-14(12)18-2/h3-6,8H,1-2H3. The molecule has 0 atom stereocenters. The molecule has 0 bridgehead atoms. The Morgan fingerprint density at radius 1 is 1.33 bits per heavy atom. The van der Waals surface area contributed by atoms with Gasteiger partial charge < -0.3 is 4.74 Å².